The summed E-state index contributed by atoms with van der Waals surface area (Å²) in [4.78, 5) is 30.3. The fourth-order valence-electron chi connectivity index (χ4n) is 5.73. The molecule has 2 aliphatic carbocycles. The Labute approximate surface area is 205 Å². The van der Waals surface area contributed by atoms with E-state index in [1.54, 1.807) is 0 Å². The minimum Gasteiger partial charge on any atom is -0.391 e. The van der Waals surface area contributed by atoms with Crippen LogP contribution in [0.2, 0.25) is 0 Å². The molecule has 1 aliphatic heterocycles. The number of hydrogen-bond acceptors (Lipinski definition) is 3. The molecule has 4 amide bonds. The quantitative estimate of drug-likeness (QED) is 0.421. The Kier molecular flexibility index (Phi) is 8.80. The van der Waals surface area contributed by atoms with Crippen LogP contribution in [0.25, 0.3) is 0 Å². The molecular weight excluding hydrogens is 426 g/mol. The van der Waals surface area contributed by atoms with E-state index < -0.39 is 18.2 Å². The number of fused-ring (bicyclic) bond motifs is 1. The monoisotopic (exact) mass is 469 g/mol. The van der Waals surface area contributed by atoms with Crippen LogP contribution in [-0.2, 0) is 0 Å². The van der Waals surface area contributed by atoms with Gasteiger partial charge in [-0.15, -0.1) is 0 Å². The van der Waals surface area contributed by atoms with Crippen LogP contribution in [0.4, 0.5) is 9.59 Å². The number of aliphatic hydroxyl groups excluding tert-OH is 1. The van der Waals surface area contributed by atoms with Gasteiger partial charge in [0.05, 0.1) is 23.9 Å². The van der Waals surface area contributed by atoms with Crippen LogP contribution >= 0.6 is 0 Å². The predicted molar refractivity (Wildman–Crippen MR) is 137 cm³/mol. The Balaban J connectivity index is 1.85. The second kappa shape index (κ2) is 11.4. The van der Waals surface area contributed by atoms with E-state index in [4.69, 9.17) is 0 Å². The number of urea groups is 2. The zero-order valence-corrected chi connectivity index (χ0v) is 21.5. The maximum absolute atomic E-state index is 13.6. The number of aliphatic hydroxyl groups is 1. The van der Waals surface area contributed by atoms with E-state index in [2.05, 4.69) is 57.3 Å². The third-order valence-corrected chi connectivity index (χ3v) is 7.93. The maximum Gasteiger partial charge on any atom is 0.333 e. The molecular formula is C28H43N3O3. The number of hydrogen-bond donors (Lipinski definition) is 2. The summed E-state index contributed by atoms with van der Waals surface area (Å²) in [6, 6.07) is -1.33. The first-order valence-corrected chi connectivity index (χ1v) is 13.1. The molecule has 1 saturated carbocycles. The Morgan fingerprint density at radius 2 is 2.06 bits per heavy atom. The van der Waals surface area contributed by atoms with Crippen LogP contribution in [0, 0.1) is 17.3 Å². The minimum absolute atomic E-state index is 0.163. The second-order valence-corrected chi connectivity index (χ2v) is 10.2. The molecule has 6 atom stereocenters. The minimum atomic E-state index is -0.661. The molecule has 6 nitrogen and oxygen atoms in total. The van der Waals surface area contributed by atoms with Crippen molar-refractivity contribution in [3.05, 3.63) is 48.2 Å². The van der Waals surface area contributed by atoms with Crippen molar-refractivity contribution in [3.63, 3.8) is 0 Å². The highest BCUT2D eigenvalue weighted by Gasteiger charge is 2.52. The van der Waals surface area contributed by atoms with Crippen LogP contribution < -0.4 is 5.32 Å². The number of imide groups is 1. The first-order chi connectivity index (χ1) is 16.3. The first-order valence-electron chi connectivity index (χ1n) is 13.1. The zero-order valence-electron chi connectivity index (χ0n) is 21.5. The van der Waals surface area contributed by atoms with Crippen LogP contribution in [0.1, 0.15) is 73.1 Å². The van der Waals surface area contributed by atoms with Crippen LogP contribution in [0.3, 0.4) is 0 Å². The number of allylic oxidation sites excluding steroid dienone is 6. The van der Waals surface area contributed by atoms with Gasteiger partial charge in [-0.05, 0) is 44.4 Å². The van der Waals surface area contributed by atoms with E-state index in [9.17, 15) is 14.7 Å². The van der Waals surface area contributed by atoms with Gasteiger partial charge in [0.2, 0.25) is 0 Å². The van der Waals surface area contributed by atoms with Gasteiger partial charge in [0.15, 0.2) is 0 Å². The molecule has 5 unspecified atom stereocenters. The van der Waals surface area contributed by atoms with E-state index in [0.29, 0.717) is 25.3 Å². The van der Waals surface area contributed by atoms with Gasteiger partial charge < -0.3 is 15.3 Å². The average molecular weight is 470 g/mol. The highest BCUT2D eigenvalue weighted by Crippen LogP contribution is 2.47. The van der Waals surface area contributed by atoms with E-state index in [1.807, 2.05) is 30.1 Å². The molecule has 188 valence electrons. The summed E-state index contributed by atoms with van der Waals surface area (Å²) in [5, 5.41) is 13.9. The third kappa shape index (κ3) is 5.17. The maximum atomic E-state index is 13.6. The fraction of sp³-hybridized carbons (Fsp3) is 0.643. The summed E-state index contributed by atoms with van der Waals surface area (Å²) in [5.41, 5.74) is 0.350. The lowest BCUT2D eigenvalue weighted by atomic mass is 9.74. The summed E-state index contributed by atoms with van der Waals surface area (Å²) >= 11 is 0. The number of carbonyl (C=O) groups is 2. The molecule has 0 aromatic heterocycles. The van der Waals surface area contributed by atoms with Crippen molar-refractivity contribution < 1.29 is 14.7 Å². The molecule has 2 fully saturated rings. The van der Waals surface area contributed by atoms with Gasteiger partial charge in [-0.2, -0.15) is 0 Å². The molecule has 34 heavy (non-hydrogen) atoms. The molecule has 0 aromatic carbocycles. The lowest BCUT2D eigenvalue weighted by Crippen LogP contribution is -2.53. The normalized spacial score (nSPS) is 32.8. The highest BCUT2D eigenvalue weighted by atomic mass is 16.3. The van der Waals surface area contributed by atoms with Crippen LogP contribution in [0.5, 0.6) is 0 Å². The van der Waals surface area contributed by atoms with E-state index in [0.717, 1.165) is 31.4 Å². The summed E-state index contributed by atoms with van der Waals surface area (Å²) in [6.45, 7) is 11.1. The molecule has 1 saturated heterocycles. The summed E-state index contributed by atoms with van der Waals surface area (Å²) < 4.78 is 0. The van der Waals surface area contributed by atoms with Gasteiger partial charge in [-0.25, -0.2) is 14.5 Å². The van der Waals surface area contributed by atoms with Crippen LogP contribution in [0.15, 0.2) is 48.2 Å². The number of nitrogens with zero attached hydrogens (tertiary/aromatic N) is 2. The van der Waals surface area contributed by atoms with Gasteiger partial charge >= 0.3 is 12.1 Å². The highest BCUT2D eigenvalue weighted by molar-refractivity contribution is 5.98. The van der Waals surface area contributed by atoms with Gasteiger partial charge in [0.25, 0.3) is 0 Å². The Hall–Kier alpha value is -2.34. The second-order valence-electron chi connectivity index (χ2n) is 10.2. The topological polar surface area (TPSA) is 72.9 Å². The van der Waals surface area contributed by atoms with Crippen molar-refractivity contribution in [3.8, 4) is 0 Å². The molecule has 0 radical (unpaired) electrons. The van der Waals surface area contributed by atoms with Crippen molar-refractivity contribution in [2.45, 2.75) is 91.3 Å². The number of nitrogens with one attached hydrogen (secondary N) is 1. The molecule has 3 rings (SSSR count). The fourth-order valence-corrected chi connectivity index (χ4v) is 5.73. The van der Waals surface area contributed by atoms with Crippen molar-refractivity contribution >= 4 is 12.1 Å². The molecule has 0 aromatic rings. The first kappa shape index (κ1) is 26.3. The smallest absolute Gasteiger partial charge is 0.333 e. The van der Waals surface area contributed by atoms with Crippen molar-refractivity contribution in [2.75, 3.05) is 6.54 Å². The Morgan fingerprint density at radius 1 is 1.29 bits per heavy atom. The van der Waals surface area contributed by atoms with E-state index >= 15 is 0 Å². The number of amides is 4. The van der Waals surface area contributed by atoms with Gasteiger partial charge in [-0.1, -0.05) is 83.1 Å². The van der Waals surface area contributed by atoms with Gasteiger partial charge in [-0.3, -0.25) is 0 Å². The number of carbonyl (C=O) groups excluding carboxylic acids is 2. The summed E-state index contributed by atoms with van der Waals surface area (Å²) in [7, 11) is 0. The Morgan fingerprint density at radius 3 is 2.74 bits per heavy atom. The predicted octanol–water partition coefficient (Wildman–Crippen LogP) is 5.77. The molecule has 0 bridgehead atoms. The molecule has 1 heterocycles. The van der Waals surface area contributed by atoms with Crippen LogP contribution in [-0.4, -0.2) is 51.7 Å². The number of rotatable bonds is 9. The van der Waals surface area contributed by atoms with Crippen molar-refractivity contribution in [1.29, 1.82) is 0 Å². The van der Waals surface area contributed by atoms with Crippen molar-refractivity contribution in [2.24, 2.45) is 17.3 Å². The lowest BCUT2D eigenvalue weighted by molar-refractivity contribution is 0.123. The molecule has 0 spiro atoms. The SMILES string of the molecule is CC/C=C\C/C=C1\C(C)N(CC(CC)CCC)C(=O)N1C(=O)N[C@@H]1C(O)CC2C=CC=CC21C. The van der Waals surface area contributed by atoms with Gasteiger partial charge in [0.1, 0.15) is 0 Å². The van der Waals surface area contributed by atoms with E-state index in [1.165, 1.54) is 4.90 Å². The molecule has 2 N–H and O–H groups in total. The largest absolute Gasteiger partial charge is 0.391 e. The zero-order chi connectivity index (χ0) is 24.9. The van der Waals surface area contributed by atoms with Crippen molar-refractivity contribution in [1.82, 2.24) is 15.1 Å². The lowest BCUT2D eigenvalue weighted by Gasteiger charge is -2.36. The van der Waals surface area contributed by atoms with E-state index in [-0.39, 0.29) is 23.4 Å². The molecule has 6 heteroatoms. The third-order valence-electron chi connectivity index (χ3n) is 7.93. The van der Waals surface area contributed by atoms with Gasteiger partial charge in [0, 0.05) is 12.0 Å². The summed E-state index contributed by atoms with van der Waals surface area (Å²) in [5.74, 6) is 0.576. The Bertz CT molecular complexity index is 861. The summed E-state index contributed by atoms with van der Waals surface area (Å²) in [6.07, 6.45) is 19.0. The molecule has 3 aliphatic rings. The average Bonchev–Trinajstić information content (AvgIpc) is 3.20. The standard InChI is InChI=1S/C28H43N3O3/c1-6-9-10-11-16-23-20(4)30(19-21(8-3)14-7-2)27(34)31(23)26(33)29-25-24(32)18-22-15-12-13-17-28(22,25)5/h9-10,12-13,15-17,20-22,24-25,32H,6-8,11,14,18-19H2,1-5H3,(H,29,33)/b10-9-,23-16+/t20?,21?,22?,24?,25-,28?/m1/s1.